The second kappa shape index (κ2) is 8.62. The van der Waals surface area contributed by atoms with Gasteiger partial charge in [0.1, 0.15) is 0 Å². The van der Waals surface area contributed by atoms with E-state index >= 15 is 0 Å². The molecule has 0 atom stereocenters. The van der Waals surface area contributed by atoms with Crippen molar-refractivity contribution in [2.24, 2.45) is 0 Å². The monoisotopic (exact) mass is 375 g/mol. The lowest BCUT2D eigenvalue weighted by atomic mass is 9.83. The van der Waals surface area contributed by atoms with Gasteiger partial charge in [-0.15, -0.1) is 0 Å². The Labute approximate surface area is 159 Å². The minimum absolute atomic E-state index is 0.0377. The molecule has 7 heteroatoms. The molecule has 0 spiro atoms. The number of methoxy groups -OCH3 is 4. The molecule has 0 fully saturated rings. The van der Waals surface area contributed by atoms with Crippen molar-refractivity contribution in [3.05, 3.63) is 47.3 Å². The smallest absolute Gasteiger partial charge is 0.336 e. The number of carbonyl (C=O) groups is 2. The van der Waals surface area contributed by atoms with Crippen molar-refractivity contribution < 1.29 is 28.5 Å². The maximum atomic E-state index is 12.5. The molecule has 0 saturated carbocycles. The number of hydrogen-bond donors (Lipinski definition) is 0. The van der Waals surface area contributed by atoms with Gasteiger partial charge in [-0.2, -0.15) is 0 Å². The number of carbonyl (C=O) groups excluding carboxylic acids is 2. The third-order valence-electron chi connectivity index (χ3n) is 4.38. The highest BCUT2D eigenvalue weighted by atomic mass is 16.5. The predicted octanol–water partition coefficient (Wildman–Crippen LogP) is 2.63. The van der Waals surface area contributed by atoms with Gasteiger partial charge in [0.25, 0.3) is 0 Å². The summed E-state index contributed by atoms with van der Waals surface area (Å²) in [5, 5.41) is 0. The molecule has 1 aromatic rings. The van der Waals surface area contributed by atoms with E-state index in [0.717, 1.165) is 0 Å². The molecule has 1 aromatic carbocycles. The Morgan fingerprint density at radius 1 is 0.889 bits per heavy atom. The van der Waals surface area contributed by atoms with Crippen LogP contribution in [0.1, 0.15) is 25.3 Å². The summed E-state index contributed by atoms with van der Waals surface area (Å²) in [6.07, 6.45) is 3.40. The van der Waals surface area contributed by atoms with E-state index in [1.165, 1.54) is 28.4 Å². The van der Waals surface area contributed by atoms with Crippen LogP contribution in [0.2, 0.25) is 0 Å². The fourth-order valence-electron chi connectivity index (χ4n) is 2.94. The average molecular weight is 375 g/mol. The Kier molecular flexibility index (Phi) is 6.50. The first-order valence-corrected chi connectivity index (χ1v) is 8.47. The molecule has 0 N–H and O–H groups in total. The molecule has 0 aromatic heterocycles. The highest BCUT2D eigenvalue weighted by molar-refractivity contribution is 5.98. The van der Waals surface area contributed by atoms with E-state index < -0.39 is 17.9 Å². The van der Waals surface area contributed by atoms with Crippen LogP contribution in [0.25, 0.3) is 0 Å². The summed E-state index contributed by atoms with van der Waals surface area (Å²) < 4.78 is 20.6. The third kappa shape index (κ3) is 4.07. The molecule has 7 nitrogen and oxygen atoms in total. The van der Waals surface area contributed by atoms with Crippen LogP contribution in [-0.4, -0.2) is 51.3 Å². The third-order valence-corrected chi connectivity index (χ3v) is 4.38. The van der Waals surface area contributed by atoms with E-state index in [1.54, 1.807) is 35.5 Å². The Hall–Kier alpha value is -2.96. The van der Waals surface area contributed by atoms with Gasteiger partial charge in [0, 0.05) is 18.4 Å². The first-order valence-electron chi connectivity index (χ1n) is 8.47. The molecular weight excluding hydrogens is 350 g/mol. The summed E-state index contributed by atoms with van der Waals surface area (Å²) in [4.78, 5) is 26.8. The number of rotatable bonds is 6. The van der Waals surface area contributed by atoms with Gasteiger partial charge in [-0.3, -0.25) is 0 Å². The summed E-state index contributed by atoms with van der Waals surface area (Å²) in [6.45, 7) is 3.90. The Balaban J connectivity index is 2.66. The fraction of sp³-hybridized carbons (Fsp3) is 0.400. The van der Waals surface area contributed by atoms with Crippen molar-refractivity contribution >= 4 is 11.9 Å². The number of benzene rings is 1. The summed E-state index contributed by atoms with van der Waals surface area (Å²) >= 11 is 0. The highest BCUT2D eigenvalue weighted by Crippen LogP contribution is 2.40. The minimum atomic E-state index is -0.653. The lowest BCUT2D eigenvalue weighted by Crippen LogP contribution is -2.31. The zero-order valence-electron chi connectivity index (χ0n) is 16.4. The van der Waals surface area contributed by atoms with Crippen molar-refractivity contribution in [3.63, 3.8) is 0 Å². The first kappa shape index (κ1) is 20.4. The van der Waals surface area contributed by atoms with Crippen molar-refractivity contribution in [3.8, 4) is 11.5 Å². The van der Waals surface area contributed by atoms with Crippen LogP contribution in [0, 0.1) is 0 Å². The molecule has 27 heavy (non-hydrogen) atoms. The molecule has 1 aliphatic rings. The maximum absolute atomic E-state index is 12.5. The Morgan fingerprint density at radius 3 is 1.81 bits per heavy atom. The van der Waals surface area contributed by atoms with Crippen LogP contribution < -0.4 is 9.47 Å². The zero-order valence-corrected chi connectivity index (χ0v) is 16.4. The molecule has 2 rings (SSSR count). The molecular formula is C20H25NO6. The van der Waals surface area contributed by atoms with Crippen LogP contribution >= 0.6 is 0 Å². The molecule has 0 bridgehead atoms. The topological polar surface area (TPSA) is 74.3 Å². The van der Waals surface area contributed by atoms with Gasteiger partial charge in [-0.1, -0.05) is 6.07 Å². The van der Waals surface area contributed by atoms with Crippen molar-refractivity contribution in [2.75, 3.05) is 28.4 Å². The molecule has 0 unspecified atom stereocenters. The van der Waals surface area contributed by atoms with Crippen LogP contribution in [0.3, 0.4) is 0 Å². The number of nitrogens with zero attached hydrogens (tertiary/aromatic N) is 1. The van der Waals surface area contributed by atoms with Gasteiger partial charge in [0.15, 0.2) is 11.5 Å². The van der Waals surface area contributed by atoms with Crippen molar-refractivity contribution in [1.82, 2.24) is 4.90 Å². The molecule has 146 valence electrons. The van der Waals surface area contributed by atoms with Crippen LogP contribution in [0.15, 0.2) is 41.7 Å². The second-order valence-electron chi connectivity index (χ2n) is 6.24. The molecule has 0 saturated heterocycles. The van der Waals surface area contributed by atoms with E-state index in [1.807, 2.05) is 13.8 Å². The molecule has 0 amide bonds. The van der Waals surface area contributed by atoms with Crippen LogP contribution in [0.5, 0.6) is 11.5 Å². The molecule has 1 heterocycles. The predicted molar refractivity (Wildman–Crippen MR) is 99.5 cm³/mol. The quantitative estimate of drug-likeness (QED) is 0.708. The number of esters is 2. The van der Waals surface area contributed by atoms with E-state index in [4.69, 9.17) is 18.9 Å². The fourth-order valence-corrected chi connectivity index (χ4v) is 2.94. The maximum Gasteiger partial charge on any atom is 0.336 e. The van der Waals surface area contributed by atoms with Gasteiger partial charge >= 0.3 is 11.9 Å². The highest BCUT2D eigenvalue weighted by Gasteiger charge is 2.36. The van der Waals surface area contributed by atoms with Crippen LogP contribution in [-0.2, 0) is 19.1 Å². The Morgan fingerprint density at radius 2 is 1.41 bits per heavy atom. The van der Waals surface area contributed by atoms with Crippen molar-refractivity contribution in [2.45, 2.75) is 25.8 Å². The molecule has 1 aliphatic heterocycles. The van der Waals surface area contributed by atoms with E-state index in [9.17, 15) is 9.59 Å². The normalized spacial score (nSPS) is 14.4. The second-order valence-corrected chi connectivity index (χ2v) is 6.24. The van der Waals surface area contributed by atoms with Gasteiger partial charge in [-0.25, -0.2) is 9.59 Å². The number of ether oxygens (including phenoxy) is 4. The van der Waals surface area contributed by atoms with Crippen LogP contribution in [0.4, 0.5) is 0 Å². The van der Waals surface area contributed by atoms with E-state index in [0.29, 0.717) is 28.2 Å². The molecule has 0 aliphatic carbocycles. The number of hydrogen-bond acceptors (Lipinski definition) is 7. The summed E-state index contributed by atoms with van der Waals surface area (Å²) in [5.41, 5.74) is 1.35. The van der Waals surface area contributed by atoms with Gasteiger partial charge in [0.05, 0.1) is 45.5 Å². The largest absolute Gasteiger partial charge is 0.493 e. The molecule has 0 radical (unpaired) electrons. The zero-order chi connectivity index (χ0) is 20.1. The lowest BCUT2D eigenvalue weighted by Gasteiger charge is -2.32. The van der Waals surface area contributed by atoms with Crippen molar-refractivity contribution in [1.29, 1.82) is 0 Å². The van der Waals surface area contributed by atoms with E-state index in [2.05, 4.69) is 0 Å². The first-order chi connectivity index (χ1) is 12.9. The SMILES string of the molecule is COC(=O)C1=CN(C(C)C)C=C(C(=O)OC)C1c1ccc(OC)c(OC)c1. The summed E-state index contributed by atoms with van der Waals surface area (Å²) in [6, 6.07) is 5.29. The standard InChI is InChI=1S/C20H25NO6/c1-12(2)21-10-14(19(22)26-5)18(15(11-21)20(23)27-6)13-7-8-16(24-3)17(9-13)25-4/h7-12,18H,1-6H3. The summed E-state index contributed by atoms with van der Waals surface area (Å²) in [7, 11) is 5.69. The van der Waals surface area contributed by atoms with Gasteiger partial charge < -0.3 is 23.8 Å². The summed E-state index contributed by atoms with van der Waals surface area (Å²) in [5.74, 6) is -0.646. The average Bonchev–Trinajstić information content (AvgIpc) is 2.70. The van der Waals surface area contributed by atoms with Gasteiger partial charge in [0.2, 0.25) is 0 Å². The minimum Gasteiger partial charge on any atom is -0.493 e. The van der Waals surface area contributed by atoms with Gasteiger partial charge in [-0.05, 0) is 31.5 Å². The lowest BCUT2D eigenvalue weighted by molar-refractivity contribution is -0.137. The van der Waals surface area contributed by atoms with E-state index in [-0.39, 0.29) is 6.04 Å². The Bertz CT molecular complexity index is 747.